The van der Waals surface area contributed by atoms with Crippen molar-refractivity contribution in [2.75, 3.05) is 12.9 Å². The number of hydrogen-bond donors (Lipinski definition) is 1. The molecular formula is C11H12BrFO5S. The van der Waals surface area contributed by atoms with E-state index >= 15 is 0 Å². The highest BCUT2D eigenvalue weighted by molar-refractivity contribution is 9.10. The van der Waals surface area contributed by atoms with E-state index in [9.17, 15) is 22.7 Å². The molecule has 0 amide bonds. The molecule has 1 unspecified atom stereocenters. The molecule has 0 aliphatic carbocycles. The highest BCUT2D eigenvalue weighted by Gasteiger charge is 2.24. The number of ether oxygens (including phenoxy) is 1. The Kier molecular flexibility index (Phi) is 5.05. The number of rotatable bonds is 4. The van der Waals surface area contributed by atoms with Crippen molar-refractivity contribution < 1.29 is 27.4 Å². The molecule has 1 rings (SSSR count). The molecule has 0 saturated carbocycles. The standard InChI is InChI=1S/C11H12BrFO5S/c1-3-18-11(15)9(14)6-4-7(12)10(8(13)5-6)19(2,16)17/h4-5,9,14H,3H2,1-2H3. The Morgan fingerprint density at radius 2 is 2.11 bits per heavy atom. The third-order valence-corrected chi connectivity index (χ3v) is 4.26. The zero-order valence-electron chi connectivity index (χ0n) is 10.2. The predicted octanol–water partition coefficient (Wildman–Crippen LogP) is 1.59. The van der Waals surface area contributed by atoms with Crippen LogP contribution in [0.3, 0.4) is 0 Å². The van der Waals surface area contributed by atoms with Gasteiger partial charge in [-0.25, -0.2) is 17.6 Å². The number of esters is 1. The summed E-state index contributed by atoms with van der Waals surface area (Å²) in [6, 6.07) is 1.96. The molecule has 8 heteroatoms. The first-order chi connectivity index (χ1) is 8.68. The lowest BCUT2D eigenvalue weighted by atomic mass is 10.1. The fourth-order valence-corrected chi connectivity index (χ4v) is 3.61. The van der Waals surface area contributed by atoms with E-state index in [1.165, 1.54) is 6.07 Å². The second-order valence-corrected chi connectivity index (χ2v) is 6.55. The molecule has 5 nitrogen and oxygen atoms in total. The lowest BCUT2D eigenvalue weighted by Crippen LogP contribution is -2.16. The average Bonchev–Trinajstić information content (AvgIpc) is 2.25. The summed E-state index contributed by atoms with van der Waals surface area (Å²) in [5.41, 5.74) is -0.0878. The van der Waals surface area contributed by atoms with E-state index < -0.39 is 32.6 Å². The molecule has 0 bridgehead atoms. The summed E-state index contributed by atoms with van der Waals surface area (Å²) in [6.07, 6.45) is -0.809. The molecule has 0 spiro atoms. The molecule has 1 aromatic rings. The van der Waals surface area contributed by atoms with Crippen molar-refractivity contribution in [2.24, 2.45) is 0 Å². The van der Waals surface area contributed by atoms with Gasteiger partial charge >= 0.3 is 5.97 Å². The van der Waals surface area contributed by atoms with Crippen LogP contribution < -0.4 is 0 Å². The summed E-state index contributed by atoms with van der Waals surface area (Å²) in [7, 11) is -3.76. The Morgan fingerprint density at radius 3 is 2.53 bits per heavy atom. The van der Waals surface area contributed by atoms with Gasteiger partial charge in [0.05, 0.1) is 6.61 Å². The number of hydrogen-bond acceptors (Lipinski definition) is 5. The summed E-state index contributed by atoms with van der Waals surface area (Å²) < 4.78 is 41.0. The summed E-state index contributed by atoms with van der Waals surface area (Å²) in [6.45, 7) is 1.63. The molecule has 0 heterocycles. The fourth-order valence-electron chi connectivity index (χ4n) is 1.45. The summed E-state index contributed by atoms with van der Waals surface area (Å²) in [5.74, 6) is -1.98. The zero-order chi connectivity index (χ0) is 14.8. The van der Waals surface area contributed by atoms with E-state index in [-0.39, 0.29) is 16.6 Å². The van der Waals surface area contributed by atoms with E-state index in [1.807, 2.05) is 0 Å². The Morgan fingerprint density at radius 1 is 1.53 bits per heavy atom. The van der Waals surface area contributed by atoms with Crippen molar-refractivity contribution in [1.82, 2.24) is 0 Å². The Balaban J connectivity index is 3.26. The monoisotopic (exact) mass is 354 g/mol. The van der Waals surface area contributed by atoms with Crippen LogP contribution >= 0.6 is 15.9 Å². The van der Waals surface area contributed by atoms with Crippen LogP contribution in [-0.2, 0) is 19.4 Å². The number of benzene rings is 1. The van der Waals surface area contributed by atoms with Gasteiger partial charge in [-0.2, -0.15) is 0 Å². The third-order valence-electron chi connectivity index (χ3n) is 2.22. The van der Waals surface area contributed by atoms with E-state index in [2.05, 4.69) is 20.7 Å². The number of carbonyl (C=O) groups is 1. The average molecular weight is 355 g/mol. The van der Waals surface area contributed by atoms with Crippen LogP contribution in [0.15, 0.2) is 21.5 Å². The molecule has 0 radical (unpaired) electrons. The lowest BCUT2D eigenvalue weighted by Gasteiger charge is -2.12. The molecule has 19 heavy (non-hydrogen) atoms. The van der Waals surface area contributed by atoms with Crippen LogP contribution in [0, 0.1) is 5.82 Å². The van der Waals surface area contributed by atoms with Crippen LogP contribution in [0.1, 0.15) is 18.6 Å². The predicted molar refractivity (Wildman–Crippen MR) is 68.8 cm³/mol. The van der Waals surface area contributed by atoms with Gasteiger partial charge in [-0.15, -0.1) is 0 Å². The molecule has 106 valence electrons. The first-order valence-corrected chi connectivity index (χ1v) is 7.90. The van der Waals surface area contributed by atoms with Crippen LogP contribution in [0.5, 0.6) is 0 Å². The molecule has 0 aliphatic heterocycles. The largest absolute Gasteiger partial charge is 0.464 e. The van der Waals surface area contributed by atoms with E-state index in [0.29, 0.717) is 0 Å². The van der Waals surface area contributed by atoms with Gasteiger partial charge in [0.2, 0.25) is 0 Å². The van der Waals surface area contributed by atoms with Crippen LogP contribution in [0.4, 0.5) is 4.39 Å². The maximum Gasteiger partial charge on any atom is 0.339 e. The summed E-state index contributed by atoms with van der Waals surface area (Å²) >= 11 is 2.91. The fraction of sp³-hybridized carbons (Fsp3) is 0.364. The SMILES string of the molecule is CCOC(=O)C(O)c1cc(F)c(S(C)(=O)=O)c(Br)c1. The van der Waals surface area contributed by atoms with Gasteiger partial charge in [0, 0.05) is 10.7 Å². The van der Waals surface area contributed by atoms with Gasteiger partial charge in [0.15, 0.2) is 15.9 Å². The highest BCUT2D eigenvalue weighted by atomic mass is 79.9. The quantitative estimate of drug-likeness (QED) is 0.830. The molecule has 1 N–H and O–H groups in total. The molecular weight excluding hydrogens is 343 g/mol. The first kappa shape index (κ1) is 16.1. The number of aliphatic hydroxyl groups excluding tert-OH is 1. The first-order valence-electron chi connectivity index (χ1n) is 5.22. The van der Waals surface area contributed by atoms with Crippen LogP contribution in [-0.4, -0.2) is 32.4 Å². The minimum absolute atomic E-state index is 0.0617. The Bertz CT molecular complexity index is 576. The third kappa shape index (κ3) is 3.74. The van der Waals surface area contributed by atoms with E-state index in [1.54, 1.807) is 6.92 Å². The number of carbonyl (C=O) groups excluding carboxylic acids is 1. The van der Waals surface area contributed by atoms with Crippen molar-refractivity contribution in [2.45, 2.75) is 17.9 Å². The van der Waals surface area contributed by atoms with Crippen LogP contribution in [0.2, 0.25) is 0 Å². The Labute approximate surface area is 118 Å². The van der Waals surface area contributed by atoms with Crippen molar-refractivity contribution in [3.05, 3.63) is 28.0 Å². The topological polar surface area (TPSA) is 80.7 Å². The second kappa shape index (κ2) is 5.98. The minimum Gasteiger partial charge on any atom is -0.464 e. The van der Waals surface area contributed by atoms with E-state index in [0.717, 1.165) is 12.3 Å². The maximum atomic E-state index is 13.7. The van der Waals surface area contributed by atoms with Gasteiger partial charge in [0.25, 0.3) is 0 Å². The van der Waals surface area contributed by atoms with E-state index in [4.69, 9.17) is 0 Å². The highest BCUT2D eigenvalue weighted by Crippen LogP contribution is 2.29. The second-order valence-electron chi connectivity index (χ2n) is 3.74. The normalized spacial score (nSPS) is 13.1. The van der Waals surface area contributed by atoms with Crippen molar-refractivity contribution in [1.29, 1.82) is 0 Å². The van der Waals surface area contributed by atoms with Crippen molar-refractivity contribution in [3.8, 4) is 0 Å². The molecule has 0 fully saturated rings. The molecule has 0 saturated heterocycles. The van der Waals surface area contributed by atoms with Gasteiger partial charge in [0.1, 0.15) is 10.7 Å². The van der Waals surface area contributed by atoms with Gasteiger partial charge in [-0.05, 0) is 40.5 Å². The molecule has 1 aromatic carbocycles. The van der Waals surface area contributed by atoms with Gasteiger partial charge < -0.3 is 9.84 Å². The lowest BCUT2D eigenvalue weighted by molar-refractivity contribution is -0.153. The van der Waals surface area contributed by atoms with Crippen molar-refractivity contribution >= 4 is 31.7 Å². The number of aliphatic hydroxyl groups is 1. The Hall–Kier alpha value is -0.990. The number of sulfone groups is 1. The number of halogens is 2. The molecule has 0 aliphatic rings. The van der Waals surface area contributed by atoms with Gasteiger partial charge in [-0.1, -0.05) is 0 Å². The smallest absolute Gasteiger partial charge is 0.339 e. The van der Waals surface area contributed by atoms with Crippen molar-refractivity contribution in [3.63, 3.8) is 0 Å². The molecule has 0 aromatic heterocycles. The minimum atomic E-state index is -3.76. The summed E-state index contributed by atoms with van der Waals surface area (Å²) in [5, 5.41) is 9.65. The van der Waals surface area contributed by atoms with Crippen LogP contribution in [0.25, 0.3) is 0 Å². The zero-order valence-corrected chi connectivity index (χ0v) is 12.6. The summed E-state index contributed by atoms with van der Waals surface area (Å²) in [4.78, 5) is 10.8. The molecule has 1 atom stereocenters. The van der Waals surface area contributed by atoms with Gasteiger partial charge in [-0.3, -0.25) is 0 Å². The maximum absolute atomic E-state index is 13.7.